The van der Waals surface area contributed by atoms with Crippen molar-refractivity contribution in [1.29, 1.82) is 0 Å². The highest BCUT2D eigenvalue weighted by atomic mass is 16.5. The van der Waals surface area contributed by atoms with Crippen LogP contribution in [0, 0.1) is 6.92 Å². The van der Waals surface area contributed by atoms with Crippen LogP contribution in [0.1, 0.15) is 18.5 Å². The van der Waals surface area contributed by atoms with Gasteiger partial charge in [0.15, 0.2) is 0 Å². The minimum absolute atomic E-state index is 0.163. The van der Waals surface area contributed by atoms with E-state index in [2.05, 4.69) is 10.4 Å². The summed E-state index contributed by atoms with van der Waals surface area (Å²) in [4.78, 5) is 12.1. The molecule has 1 aromatic heterocycles. The van der Waals surface area contributed by atoms with Gasteiger partial charge in [-0.3, -0.25) is 9.48 Å². The Morgan fingerprint density at radius 1 is 1.59 bits per heavy atom. The van der Waals surface area contributed by atoms with Gasteiger partial charge in [-0.15, -0.1) is 0 Å². The molecule has 94 valence electrons. The number of nitrogens with one attached hydrogen (secondary N) is 1. The number of carbonyl (C=O) groups is 1. The first kappa shape index (κ1) is 12.1. The summed E-state index contributed by atoms with van der Waals surface area (Å²) in [5.41, 5.74) is 6.12. The highest BCUT2D eigenvalue weighted by Crippen LogP contribution is 2.20. The monoisotopic (exact) mass is 238 g/mol. The Bertz CT molecular complexity index is 421. The molecular weight excluding hydrogens is 220 g/mol. The summed E-state index contributed by atoms with van der Waals surface area (Å²) in [7, 11) is 1.79. The zero-order valence-corrected chi connectivity index (χ0v) is 10.2. The Balaban J connectivity index is 2.08. The third-order valence-corrected chi connectivity index (χ3v) is 3.08. The third kappa shape index (κ3) is 2.48. The number of aromatic nitrogens is 2. The Labute approximate surface area is 100 Å². The molecule has 0 spiro atoms. The highest BCUT2D eigenvalue weighted by molar-refractivity contribution is 5.97. The number of aryl methyl sites for hydroxylation is 2. The lowest BCUT2D eigenvalue weighted by atomic mass is 9.90. The van der Waals surface area contributed by atoms with E-state index in [1.807, 2.05) is 13.0 Å². The molecule has 0 radical (unpaired) electrons. The predicted molar refractivity (Wildman–Crippen MR) is 63.5 cm³/mol. The van der Waals surface area contributed by atoms with E-state index >= 15 is 0 Å². The molecule has 0 atom stereocenters. The molecule has 1 saturated heterocycles. The topological polar surface area (TPSA) is 82.2 Å². The molecule has 3 N–H and O–H groups in total. The van der Waals surface area contributed by atoms with E-state index in [-0.39, 0.29) is 5.91 Å². The fourth-order valence-corrected chi connectivity index (χ4v) is 1.93. The van der Waals surface area contributed by atoms with Crippen molar-refractivity contribution < 1.29 is 9.53 Å². The molecule has 0 saturated carbocycles. The van der Waals surface area contributed by atoms with Gasteiger partial charge in [0.25, 0.3) is 0 Å². The van der Waals surface area contributed by atoms with Crippen LogP contribution in [0.2, 0.25) is 0 Å². The van der Waals surface area contributed by atoms with Crippen LogP contribution in [-0.2, 0) is 16.6 Å². The number of rotatable bonds is 2. The van der Waals surface area contributed by atoms with Gasteiger partial charge in [-0.1, -0.05) is 0 Å². The van der Waals surface area contributed by atoms with E-state index in [1.54, 1.807) is 11.7 Å². The molecule has 0 aliphatic carbocycles. The average Bonchev–Trinajstić information content (AvgIpc) is 2.58. The highest BCUT2D eigenvalue weighted by Gasteiger charge is 2.36. The van der Waals surface area contributed by atoms with Gasteiger partial charge in [0.05, 0.1) is 5.69 Å². The van der Waals surface area contributed by atoms with Gasteiger partial charge in [-0.2, -0.15) is 5.10 Å². The van der Waals surface area contributed by atoms with Crippen LogP contribution >= 0.6 is 0 Å². The van der Waals surface area contributed by atoms with Gasteiger partial charge >= 0.3 is 0 Å². The van der Waals surface area contributed by atoms with Gasteiger partial charge in [-0.25, -0.2) is 0 Å². The first-order valence-corrected chi connectivity index (χ1v) is 5.70. The van der Waals surface area contributed by atoms with Crippen molar-refractivity contribution in [2.75, 3.05) is 18.5 Å². The molecule has 6 nitrogen and oxygen atoms in total. The number of nitrogens with two attached hydrogens (primary N) is 1. The fourth-order valence-electron chi connectivity index (χ4n) is 1.93. The first-order chi connectivity index (χ1) is 8.01. The fraction of sp³-hybridized carbons (Fsp3) is 0.636. The van der Waals surface area contributed by atoms with Crippen LogP contribution in [-0.4, -0.2) is 34.4 Å². The molecule has 2 rings (SSSR count). The number of hydrogen-bond donors (Lipinski definition) is 2. The molecular formula is C11H18N4O2. The lowest BCUT2D eigenvalue weighted by Gasteiger charge is -2.31. The minimum atomic E-state index is -0.823. The second-order valence-corrected chi connectivity index (χ2v) is 4.52. The van der Waals surface area contributed by atoms with Gasteiger partial charge < -0.3 is 15.8 Å². The maximum absolute atomic E-state index is 12.1. The van der Waals surface area contributed by atoms with Crippen molar-refractivity contribution >= 4 is 11.7 Å². The van der Waals surface area contributed by atoms with Crippen LogP contribution in [0.25, 0.3) is 0 Å². The van der Waals surface area contributed by atoms with Gasteiger partial charge in [0.2, 0.25) is 5.91 Å². The molecule has 6 heteroatoms. The van der Waals surface area contributed by atoms with Crippen molar-refractivity contribution in [2.45, 2.75) is 25.3 Å². The van der Waals surface area contributed by atoms with Crippen molar-refractivity contribution in [3.63, 3.8) is 0 Å². The van der Waals surface area contributed by atoms with E-state index in [0.717, 1.165) is 5.69 Å². The van der Waals surface area contributed by atoms with E-state index < -0.39 is 5.54 Å². The van der Waals surface area contributed by atoms with Crippen molar-refractivity contribution in [3.8, 4) is 0 Å². The van der Waals surface area contributed by atoms with Crippen LogP contribution in [0.4, 0.5) is 5.82 Å². The quantitative estimate of drug-likeness (QED) is 0.769. The zero-order valence-electron chi connectivity index (χ0n) is 10.2. The largest absolute Gasteiger partial charge is 0.381 e. The van der Waals surface area contributed by atoms with Gasteiger partial charge in [0, 0.05) is 26.3 Å². The zero-order chi connectivity index (χ0) is 12.5. The molecule has 1 fully saturated rings. The number of amides is 1. The molecule has 2 heterocycles. The summed E-state index contributed by atoms with van der Waals surface area (Å²) in [5, 5.41) is 6.99. The predicted octanol–water partition coefficient (Wildman–Crippen LogP) is 0.175. The molecule has 0 unspecified atom stereocenters. The molecule has 17 heavy (non-hydrogen) atoms. The lowest BCUT2D eigenvalue weighted by molar-refractivity contribution is -0.124. The van der Waals surface area contributed by atoms with Crippen LogP contribution in [0.5, 0.6) is 0 Å². The SMILES string of the molecule is Cc1cc(NC(=O)C2(N)CCOCC2)n(C)n1. The van der Waals surface area contributed by atoms with Crippen LogP contribution in [0.15, 0.2) is 6.07 Å². The second-order valence-electron chi connectivity index (χ2n) is 4.52. The lowest BCUT2D eigenvalue weighted by Crippen LogP contribution is -2.54. The average molecular weight is 238 g/mol. The normalized spacial score (nSPS) is 19.0. The number of carbonyl (C=O) groups excluding carboxylic acids is 1. The molecule has 0 bridgehead atoms. The number of hydrogen-bond acceptors (Lipinski definition) is 4. The summed E-state index contributed by atoms with van der Waals surface area (Å²) in [6.07, 6.45) is 1.10. The molecule has 0 aromatic carbocycles. The van der Waals surface area contributed by atoms with E-state index in [0.29, 0.717) is 31.9 Å². The Hall–Kier alpha value is -1.40. The van der Waals surface area contributed by atoms with Crippen molar-refractivity contribution in [1.82, 2.24) is 9.78 Å². The Kier molecular flexibility index (Phi) is 3.17. The van der Waals surface area contributed by atoms with Crippen molar-refractivity contribution in [2.24, 2.45) is 12.8 Å². The Morgan fingerprint density at radius 3 is 2.76 bits per heavy atom. The number of ether oxygens (including phenoxy) is 1. The molecule has 1 aliphatic heterocycles. The maximum Gasteiger partial charge on any atom is 0.245 e. The maximum atomic E-state index is 12.1. The van der Waals surface area contributed by atoms with Gasteiger partial charge in [0.1, 0.15) is 11.4 Å². The standard InChI is InChI=1S/C11H18N4O2/c1-8-7-9(15(2)14-8)13-10(16)11(12)3-5-17-6-4-11/h7H,3-6,12H2,1-2H3,(H,13,16). The van der Waals surface area contributed by atoms with Crippen LogP contribution < -0.4 is 11.1 Å². The number of nitrogens with zero attached hydrogens (tertiary/aromatic N) is 2. The van der Waals surface area contributed by atoms with E-state index in [1.165, 1.54) is 0 Å². The molecule has 1 aromatic rings. The summed E-state index contributed by atoms with van der Waals surface area (Å²) >= 11 is 0. The smallest absolute Gasteiger partial charge is 0.245 e. The summed E-state index contributed by atoms with van der Waals surface area (Å²) in [6, 6.07) is 1.82. The molecule has 1 aliphatic rings. The summed E-state index contributed by atoms with van der Waals surface area (Å²) < 4.78 is 6.85. The van der Waals surface area contributed by atoms with E-state index in [9.17, 15) is 4.79 Å². The van der Waals surface area contributed by atoms with Gasteiger partial charge in [-0.05, 0) is 19.8 Å². The first-order valence-electron chi connectivity index (χ1n) is 5.70. The molecule has 1 amide bonds. The summed E-state index contributed by atoms with van der Waals surface area (Å²) in [5.74, 6) is 0.507. The van der Waals surface area contributed by atoms with E-state index in [4.69, 9.17) is 10.5 Å². The van der Waals surface area contributed by atoms with Crippen LogP contribution in [0.3, 0.4) is 0 Å². The minimum Gasteiger partial charge on any atom is -0.381 e. The number of anilines is 1. The van der Waals surface area contributed by atoms with Crippen molar-refractivity contribution in [3.05, 3.63) is 11.8 Å². The second kappa shape index (κ2) is 4.46. The summed E-state index contributed by atoms with van der Waals surface area (Å²) in [6.45, 7) is 2.95. The Morgan fingerprint density at radius 2 is 2.24 bits per heavy atom. The third-order valence-electron chi connectivity index (χ3n) is 3.08.